The molecule has 2 aromatic carbocycles. The predicted octanol–water partition coefficient (Wildman–Crippen LogP) is 3.38. The topological polar surface area (TPSA) is 71.4 Å². The van der Waals surface area contributed by atoms with Crippen LogP contribution < -0.4 is 9.64 Å². The molecule has 3 rings (SSSR count). The Balaban J connectivity index is 1.90. The molecular formula is C22H19N3O4S. The normalized spacial score (nSPS) is 15.6. The standard InChI is InChI=1S/C22H19N3O4S/c1-28-19-13-7-6-9-16(19)10-8-14-23-25-18(15-20(26)29-2)21(27)24(22(25)30)17-11-4-3-5-12-17/h3-15H,1-2H3/b10-8+,18-15+,23-14+. The van der Waals surface area contributed by atoms with Crippen molar-refractivity contribution >= 4 is 47.2 Å². The summed E-state index contributed by atoms with van der Waals surface area (Å²) in [5, 5.41) is 5.63. The smallest absolute Gasteiger partial charge is 0.332 e. The van der Waals surface area contributed by atoms with E-state index in [1.54, 1.807) is 37.5 Å². The lowest BCUT2D eigenvalue weighted by molar-refractivity contribution is -0.135. The number of hydrogen-bond acceptors (Lipinski definition) is 6. The number of methoxy groups -OCH3 is 2. The second-order valence-corrected chi connectivity index (χ2v) is 6.35. The van der Waals surface area contributed by atoms with Gasteiger partial charge in [0.1, 0.15) is 11.4 Å². The lowest BCUT2D eigenvalue weighted by atomic mass is 10.2. The molecule has 1 fully saturated rings. The van der Waals surface area contributed by atoms with Gasteiger partial charge in [-0.05, 0) is 42.6 Å². The fourth-order valence-electron chi connectivity index (χ4n) is 2.76. The van der Waals surface area contributed by atoms with Crippen LogP contribution in [0.1, 0.15) is 5.56 Å². The number of nitrogens with zero attached hydrogens (tertiary/aromatic N) is 3. The Hall–Kier alpha value is -3.78. The highest BCUT2D eigenvalue weighted by atomic mass is 32.1. The van der Waals surface area contributed by atoms with Crippen LogP contribution in [0.25, 0.3) is 6.08 Å². The van der Waals surface area contributed by atoms with Gasteiger partial charge in [0.15, 0.2) is 0 Å². The van der Waals surface area contributed by atoms with E-state index in [4.69, 9.17) is 17.0 Å². The third-order valence-electron chi connectivity index (χ3n) is 4.18. The van der Waals surface area contributed by atoms with Gasteiger partial charge in [0.2, 0.25) is 5.11 Å². The first-order chi connectivity index (χ1) is 14.6. The number of ether oxygens (including phenoxy) is 2. The molecule has 152 valence electrons. The predicted molar refractivity (Wildman–Crippen MR) is 119 cm³/mol. The summed E-state index contributed by atoms with van der Waals surface area (Å²) in [6.07, 6.45) is 6.04. The number of amides is 1. The average molecular weight is 421 g/mol. The molecule has 0 aliphatic carbocycles. The molecule has 0 bridgehead atoms. The van der Waals surface area contributed by atoms with Crippen LogP contribution in [0.4, 0.5) is 5.69 Å². The number of hydrazone groups is 1. The number of para-hydroxylation sites is 2. The average Bonchev–Trinajstić information content (AvgIpc) is 3.01. The molecule has 0 radical (unpaired) electrons. The zero-order chi connectivity index (χ0) is 21.5. The maximum atomic E-state index is 12.9. The van der Waals surface area contributed by atoms with Gasteiger partial charge in [0.05, 0.1) is 26.0 Å². The molecule has 7 nitrogen and oxygen atoms in total. The van der Waals surface area contributed by atoms with Crippen LogP contribution in [-0.4, -0.2) is 42.4 Å². The molecule has 0 unspecified atom stereocenters. The third-order valence-corrected chi connectivity index (χ3v) is 4.53. The lowest BCUT2D eigenvalue weighted by Crippen LogP contribution is -2.30. The van der Waals surface area contributed by atoms with Crippen molar-refractivity contribution in [2.45, 2.75) is 0 Å². The summed E-state index contributed by atoms with van der Waals surface area (Å²) in [6.45, 7) is 0. The summed E-state index contributed by atoms with van der Waals surface area (Å²) in [5.41, 5.74) is 1.44. The number of rotatable bonds is 6. The van der Waals surface area contributed by atoms with Crippen LogP contribution in [0.5, 0.6) is 5.75 Å². The van der Waals surface area contributed by atoms with Crippen LogP contribution in [0.15, 0.2) is 77.5 Å². The largest absolute Gasteiger partial charge is 0.496 e. The summed E-state index contributed by atoms with van der Waals surface area (Å²) in [4.78, 5) is 26.0. The highest BCUT2D eigenvalue weighted by Gasteiger charge is 2.39. The molecule has 2 aromatic rings. The Bertz CT molecular complexity index is 1050. The molecule has 1 saturated heterocycles. The van der Waals surface area contributed by atoms with Gasteiger partial charge < -0.3 is 9.47 Å². The maximum Gasteiger partial charge on any atom is 0.332 e. The minimum Gasteiger partial charge on any atom is -0.496 e. The molecule has 0 saturated carbocycles. The number of carbonyl (C=O) groups excluding carboxylic acids is 2. The third kappa shape index (κ3) is 4.44. The molecule has 0 atom stereocenters. The fourth-order valence-corrected chi connectivity index (χ4v) is 3.09. The van der Waals surface area contributed by atoms with Gasteiger partial charge in [0.25, 0.3) is 5.91 Å². The molecule has 0 aromatic heterocycles. The number of benzene rings is 2. The number of hydrogen-bond donors (Lipinski definition) is 0. The maximum absolute atomic E-state index is 12.9. The lowest BCUT2D eigenvalue weighted by Gasteiger charge is -2.15. The van der Waals surface area contributed by atoms with Crippen molar-refractivity contribution in [3.8, 4) is 5.75 Å². The summed E-state index contributed by atoms with van der Waals surface area (Å²) in [5.74, 6) is -0.432. The molecule has 1 amide bonds. The first-order valence-electron chi connectivity index (χ1n) is 8.93. The van der Waals surface area contributed by atoms with Crippen molar-refractivity contribution < 1.29 is 19.1 Å². The van der Waals surface area contributed by atoms with Crippen molar-refractivity contribution in [3.05, 3.63) is 78.0 Å². The summed E-state index contributed by atoms with van der Waals surface area (Å²) in [6, 6.07) is 16.4. The van der Waals surface area contributed by atoms with Gasteiger partial charge in [-0.25, -0.2) is 14.7 Å². The zero-order valence-electron chi connectivity index (χ0n) is 16.4. The van der Waals surface area contributed by atoms with Crippen LogP contribution in [-0.2, 0) is 14.3 Å². The highest BCUT2D eigenvalue weighted by molar-refractivity contribution is 7.80. The molecule has 0 N–H and O–H groups in total. The van der Waals surface area contributed by atoms with Crippen LogP contribution >= 0.6 is 12.2 Å². The zero-order valence-corrected chi connectivity index (χ0v) is 17.2. The number of allylic oxidation sites excluding steroid dienone is 1. The Morgan fingerprint density at radius 2 is 1.77 bits per heavy atom. The quantitative estimate of drug-likeness (QED) is 0.308. The number of esters is 1. The van der Waals surface area contributed by atoms with Crippen molar-refractivity contribution in [1.82, 2.24) is 5.01 Å². The van der Waals surface area contributed by atoms with Crippen molar-refractivity contribution in [1.29, 1.82) is 0 Å². The van der Waals surface area contributed by atoms with Crippen LogP contribution in [0.3, 0.4) is 0 Å². The molecule has 1 aliphatic heterocycles. The van der Waals surface area contributed by atoms with Gasteiger partial charge in [0, 0.05) is 11.8 Å². The van der Waals surface area contributed by atoms with E-state index in [2.05, 4.69) is 9.84 Å². The number of anilines is 1. The molecular weight excluding hydrogens is 402 g/mol. The van der Waals surface area contributed by atoms with E-state index in [1.807, 2.05) is 36.4 Å². The number of carbonyl (C=O) groups is 2. The van der Waals surface area contributed by atoms with Crippen molar-refractivity contribution in [2.75, 3.05) is 19.1 Å². The molecule has 30 heavy (non-hydrogen) atoms. The fraction of sp³-hybridized carbons (Fsp3) is 0.0909. The number of thiocarbonyl (C=S) groups is 1. The summed E-state index contributed by atoms with van der Waals surface area (Å²) < 4.78 is 9.96. The van der Waals surface area contributed by atoms with Gasteiger partial charge in [-0.15, -0.1) is 0 Å². The Labute approximate surface area is 179 Å². The van der Waals surface area contributed by atoms with Gasteiger partial charge >= 0.3 is 5.97 Å². The van der Waals surface area contributed by atoms with E-state index in [-0.39, 0.29) is 10.8 Å². The Kier molecular flexibility index (Phi) is 6.71. The van der Waals surface area contributed by atoms with E-state index in [9.17, 15) is 9.59 Å². The van der Waals surface area contributed by atoms with Gasteiger partial charge in [-0.1, -0.05) is 36.4 Å². The first kappa shape index (κ1) is 20.9. The molecule has 1 heterocycles. The van der Waals surface area contributed by atoms with Crippen molar-refractivity contribution in [3.63, 3.8) is 0 Å². The van der Waals surface area contributed by atoms with Gasteiger partial charge in [-0.2, -0.15) is 5.10 Å². The van der Waals surface area contributed by atoms with E-state index in [0.29, 0.717) is 5.69 Å². The minimum atomic E-state index is -0.680. The molecule has 0 spiro atoms. The Morgan fingerprint density at radius 3 is 2.47 bits per heavy atom. The van der Waals surface area contributed by atoms with Crippen molar-refractivity contribution in [2.24, 2.45) is 5.10 Å². The SMILES string of the molecule is COC(=O)/C=C1\C(=O)N(c2ccccc2)C(=S)N1/N=C/C=C/c1ccccc1OC. The van der Waals surface area contributed by atoms with E-state index in [0.717, 1.165) is 17.4 Å². The highest BCUT2D eigenvalue weighted by Crippen LogP contribution is 2.28. The first-order valence-corrected chi connectivity index (χ1v) is 9.34. The minimum absolute atomic E-state index is 0.00218. The monoisotopic (exact) mass is 421 g/mol. The second kappa shape index (κ2) is 9.62. The van der Waals surface area contributed by atoms with E-state index >= 15 is 0 Å². The van der Waals surface area contributed by atoms with E-state index < -0.39 is 11.9 Å². The summed E-state index contributed by atoms with van der Waals surface area (Å²) >= 11 is 5.45. The van der Waals surface area contributed by atoms with Gasteiger partial charge in [-0.3, -0.25) is 4.79 Å². The van der Waals surface area contributed by atoms with E-state index in [1.165, 1.54) is 23.2 Å². The summed E-state index contributed by atoms with van der Waals surface area (Å²) in [7, 11) is 2.83. The Morgan fingerprint density at radius 1 is 1.07 bits per heavy atom. The molecule has 8 heteroatoms. The molecule has 1 aliphatic rings. The van der Waals surface area contributed by atoms with Crippen LogP contribution in [0.2, 0.25) is 0 Å². The van der Waals surface area contributed by atoms with Crippen LogP contribution in [0, 0.1) is 0 Å². The second-order valence-electron chi connectivity index (χ2n) is 5.99.